The summed E-state index contributed by atoms with van der Waals surface area (Å²) in [6.07, 6.45) is 7.65. The molecule has 3 aromatic rings. The van der Waals surface area contributed by atoms with Gasteiger partial charge in [0.2, 0.25) is 0 Å². The molecule has 7 nitrogen and oxygen atoms in total. The third-order valence-corrected chi connectivity index (χ3v) is 5.13. The van der Waals surface area contributed by atoms with Crippen molar-refractivity contribution in [3.8, 4) is 22.9 Å². The van der Waals surface area contributed by atoms with Gasteiger partial charge in [0.1, 0.15) is 11.4 Å². The van der Waals surface area contributed by atoms with E-state index in [2.05, 4.69) is 21.0 Å². The van der Waals surface area contributed by atoms with Crippen LogP contribution in [-0.2, 0) is 11.2 Å². The van der Waals surface area contributed by atoms with Gasteiger partial charge >= 0.3 is 12.1 Å². The highest BCUT2D eigenvalue weighted by Crippen LogP contribution is 2.26. The van der Waals surface area contributed by atoms with Crippen molar-refractivity contribution in [3.05, 3.63) is 65.7 Å². The highest BCUT2D eigenvalue weighted by molar-refractivity contribution is 6.30. The van der Waals surface area contributed by atoms with E-state index in [1.807, 2.05) is 27.0 Å². The van der Waals surface area contributed by atoms with E-state index in [4.69, 9.17) is 21.1 Å². The number of amides is 1. The average Bonchev–Trinajstić information content (AvgIpc) is 2.70. The Labute approximate surface area is 192 Å². The summed E-state index contributed by atoms with van der Waals surface area (Å²) < 4.78 is 11.1. The largest absolute Gasteiger partial charge is 0.444 e. The number of halogens is 1. The number of carbonyl (C=O) groups excluding carboxylic acids is 1. The Morgan fingerprint density at radius 2 is 1.84 bits per heavy atom. The van der Waals surface area contributed by atoms with Gasteiger partial charge in [-0.15, -0.1) is 0 Å². The number of rotatable bonds is 5. The topological polar surface area (TPSA) is 77.4 Å². The highest BCUT2D eigenvalue weighted by atomic mass is 35.5. The molecule has 4 rings (SSSR count). The molecule has 0 unspecified atom stereocenters. The van der Waals surface area contributed by atoms with Crippen LogP contribution in [0.2, 0.25) is 5.02 Å². The second-order valence-corrected chi connectivity index (χ2v) is 9.29. The molecule has 1 aromatic carbocycles. The molecule has 3 heterocycles. The molecule has 0 N–H and O–H groups in total. The second kappa shape index (κ2) is 9.12. The predicted octanol–water partition coefficient (Wildman–Crippen LogP) is 5.39. The van der Waals surface area contributed by atoms with Gasteiger partial charge in [-0.05, 0) is 62.9 Å². The summed E-state index contributed by atoms with van der Waals surface area (Å²) in [5, 5.41) is 0.586. The lowest BCUT2D eigenvalue weighted by molar-refractivity contribution is -0.000887. The van der Waals surface area contributed by atoms with E-state index in [-0.39, 0.29) is 12.1 Å². The van der Waals surface area contributed by atoms with Crippen LogP contribution in [0, 0.1) is 5.92 Å². The fraction of sp³-hybridized carbons (Fsp3) is 0.333. The average molecular weight is 453 g/mol. The lowest BCUT2D eigenvalue weighted by Crippen LogP contribution is -2.52. The summed E-state index contributed by atoms with van der Waals surface area (Å²) in [5.74, 6) is 0.971. The van der Waals surface area contributed by atoms with Gasteiger partial charge < -0.3 is 14.4 Å². The molecule has 166 valence electrons. The van der Waals surface area contributed by atoms with Crippen LogP contribution >= 0.6 is 11.6 Å². The fourth-order valence-corrected chi connectivity index (χ4v) is 3.60. The molecule has 0 atom stereocenters. The van der Waals surface area contributed by atoms with Crippen molar-refractivity contribution in [2.24, 2.45) is 5.92 Å². The summed E-state index contributed by atoms with van der Waals surface area (Å²) in [6, 6.07) is 9.41. The third kappa shape index (κ3) is 5.73. The number of hydrogen-bond acceptors (Lipinski definition) is 6. The number of benzene rings is 1. The first-order valence-electron chi connectivity index (χ1n) is 10.4. The Balaban J connectivity index is 1.35. The van der Waals surface area contributed by atoms with Gasteiger partial charge in [0.15, 0.2) is 0 Å². The van der Waals surface area contributed by atoms with Crippen molar-refractivity contribution in [3.63, 3.8) is 0 Å². The zero-order chi connectivity index (χ0) is 22.7. The molecule has 1 saturated heterocycles. The third-order valence-electron chi connectivity index (χ3n) is 4.89. The molecule has 8 heteroatoms. The van der Waals surface area contributed by atoms with Crippen LogP contribution in [0.25, 0.3) is 11.1 Å². The van der Waals surface area contributed by atoms with Gasteiger partial charge in [0.25, 0.3) is 0 Å². The molecule has 32 heavy (non-hydrogen) atoms. The van der Waals surface area contributed by atoms with Gasteiger partial charge in [-0.2, -0.15) is 0 Å². The van der Waals surface area contributed by atoms with Crippen LogP contribution in [0.15, 0.2) is 55.1 Å². The normalized spacial score (nSPS) is 14.1. The number of nitrogens with zero attached hydrogens (tertiary/aromatic N) is 4. The maximum Gasteiger partial charge on any atom is 0.410 e. The molecule has 0 saturated carbocycles. The van der Waals surface area contributed by atoms with Crippen molar-refractivity contribution < 1.29 is 14.3 Å². The first-order chi connectivity index (χ1) is 15.2. The molecule has 1 aliphatic rings. The number of likely N-dealkylation sites (tertiary alicyclic amines) is 1. The predicted molar refractivity (Wildman–Crippen MR) is 122 cm³/mol. The van der Waals surface area contributed by atoms with Crippen molar-refractivity contribution >= 4 is 17.7 Å². The zero-order valence-corrected chi connectivity index (χ0v) is 19.0. The standard InChI is InChI=1S/C24H25ClN4O3/c1-24(2,3)32-23(30)29-14-17(15-29)7-16-8-18(11-26-10-16)19-12-27-22(28-13-19)31-21-6-4-5-20(25)9-21/h4-6,8-13,17H,7,14-15H2,1-3H3. The Kier molecular flexibility index (Phi) is 6.28. The summed E-state index contributed by atoms with van der Waals surface area (Å²) in [4.78, 5) is 26.8. The van der Waals surface area contributed by atoms with Gasteiger partial charge in [0.05, 0.1) is 0 Å². The molecule has 0 spiro atoms. The van der Waals surface area contributed by atoms with Crippen LogP contribution in [0.3, 0.4) is 0 Å². The molecule has 1 fully saturated rings. The lowest BCUT2D eigenvalue weighted by Gasteiger charge is -2.39. The van der Waals surface area contributed by atoms with Crippen molar-refractivity contribution in [1.82, 2.24) is 19.9 Å². The van der Waals surface area contributed by atoms with Crippen LogP contribution in [0.4, 0.5) is 4.79 Å². The lowest BCUT2D eigenvalue weighted by atomic mass is 9.92. The second-order valence-electron chi connectivity index (χ2n) is 8.85. The summed E-state index contributed by atoms with van der Waals surface area (Å²) in [5.41, 5.74) is 2.41. The minimum absolute atomic E-state index is 0.247. The van der Waals surface area contributed by atoms with Gasteiger partial charge in [-0.3, -0.25) is 4.98 Å². The molecule has 0 radical (unpaired) electrons. The Hall–Kier alpha value is -3.19. The van der Waals surface area contributed by atoms with E-state index < -0.39 is 5.60 Å². The number of hydrogen-bond donors (Lipinski definition) is 0. The molecular formula is C24H25ClN4O3. The minimum atomic E-state index is -0.475. The quantitative estimate of drug-likeness (QED) is 0.516. The van der Waals surface area contributed by atoms with Gasteiger partial charge in [-0.25, -0.2) is 14.8 Å². The SMILES string of the molecule is CC(C)(C)OC(=O)N1CC(Cc2cncc(-c3cnc(Oc4cccc(Cl)c4)nc3)c2)C1. The molecule has 1 aliphatic heterocycles. The van der Waals surface area contributed by atoms with E-state index in [1.165, 1.54) is 0 Å². The first kappa shape index (κ1) is 22.0. The van der Waals surface area contributed by atoms with Crippen molar-refractivity contribution in [2.45, 2.75) is 32.8 Å². The number of carbonyl (C=O) groups is 1. The maximum absolute atomic E-state index is 12.1. The smallest absolute Gasteiger partial charge is 0.410 e. The van der Waals surface area contributed by atoms with E-state index in [0.717, 1.165) is 23.1 Å². The van der Waals surface area contributed by atoms with Gasteiger partial charge in [0, 0.05) is 54.0 Å². The Bertz CT molecular complexity index is 1090. The van der Waals surface area contributed by atoms with E-state index in [0.29, 0.717) is 29.8 Å². The highest BCUT2D eigenvalue weighted by Gasteiger charge is 2.33. The Morgan fingerprint density at radius 3 is 2.53 bits per heavy atom. The fourth-order valence-electron chi connectivity index (χ4n) is 3.42. The maximum atomic E-state index is 12.1. The van der Waals surface area contributed by atoms with Crippen molar-refractivity contribution in [2.75, 3.05) is 13.1 Å². The minimum Gasteiger partial charge on any atom is -0.444 e. The number of aromatic nitrogens is 3. The number of ether oxygens (including phenoxy) is 2. The van der Waals surface area contributed by atoms with Crippen molar-refractivity contribution in [1.29, 1.82) is 0 Å². The van der Waals surface area contributed by atoms with Crippen LogP contribution in [0.1, 0.15) is 26.3 Å². The molecule has 0 aliphatic carbocycles. The van der Waals surface area contributed by atoms with E-state index >= 15 is 0 Å². The first-order valence-corrected chi connectivity index (χ1v) is 10.8. The van der Waals surface area contributed by atoms with E-state index in [9.17, 15) is 4.79 Å². The monoisotopic (exact) mass is 452 g/mol. The molecular weight excluding hydrogens is 428 g/mol. The molecule has 1 amide bonds. The summed E-state index contributed by atoms with van der Waals surface area (Å²) in [7, 11) is 0. The van der Waals surface area contributed by atoms with Crippen LogP contribution in [-0.4, -0.2) is 44.6 Å². The van der Waals surface area contributed by atoms with E-state index in [1.54, 1.807) is 47.8 Å². The Morgan fingerprint density at radius 1 is 1.09 bits per heavy atom. The van der Waals surface area contributed by atoms with Crippen LogP contribution < -0.4 is 4.74 Å². The molecule has 0 bridgehead atoms. The number of pyridine rings is 1. The zero-order valence-electron chi connectivity index (χ0n) is 18.3. The molecule has 2 aromatic heterocycles. The van der Waals surface area contributed by atoms with Crippen LogP contribution in [0.5, 0.6) is 11.8 Å². The summed E-state index contributed by atoms with van der Waals surface area (Å²) in [6.45, 7) is 7.01. The summed E-state index contributed by atoms with van der Waals surface area (Å²) >= 11 is 5.98. The van der Waals surface area contributed by atoms with Gasteiger partial charge in [-0.1, -0.05) is 17.7 Å².